The second-order valence-corrected chi connectivity index (χ2v) is 4.99. The van der Waals surface area contributed by atoms with Crippen molar-refractivity contribution in [3.8, 4) is 5.75 Å². The second kappa shape index (κ2) is 7.45. The summed E-state index contributed by atoms with van der Waals surface area (Å²) >= 11 is 0. The number of aryl methyl sites for hydroxylation is 2. The predicted molar refractivity (Wildman–Crippen MR) is 86.7 cm³/mol. The van der Waals surface area contributed by atoms with E-state index in [0.717, 1.165) is 22.7 Å². The fraction of sp³-hybridized carbons (Fsp3) is 0.294. The van der Waals surface area contributed by atoms with Crippen molar-refractivity contribution >= 4 is 12.0 Å². The first-order valence-electron chi connectivity index (χ1n) is 7.22. The number of nitrogens with zero attached hydrogens (tertiary/aromatic N) is 2. The number of rotatable bonds is 6. The van der Waals surface area contributed by atoms with E-state index in [9.17, 15) is 4.79 Å². The van der Waals surface area contributed by atoms with Crippen LogP contribution in [0.3, 0.4) is 0 Å². The molecular weight excluding hydrogens is 278 g/mol. The summed E-state index contributed by atoms with van der Waals surface area (Å²) in [5, 5.41) is 7.10. The maximum Gasteiger partial charge on any atom is 0.244 e. The number of benzene rings is 1. The summed E-state index contributed by atoms with van der Waals surface area (Å²) in [6.07, 6.45) is 3.32. The molecule has 116 valence electrons. The molecule has 0 spiro atoms. The van der Waals surface area contributed by atoms with E-state index in [-0.39, 0.29) is 5.91 Å². The van der Waals surface area contributed by atoms with Gasteiger partial charge in [0.25, 0.3) is 0 Å². The molecule has 0 aliphatic rings. The first-order valence-corrected chi connectivity index (χ1v) is 7.22. The lowest BCUT2D eigenvalue weighted by Gasteiger charge is -2.06. The fourth-order valence-corrected chi connectivity index (χ4v) is 2.11. The normalized spacial score (nSPS) is 10.9. The van der Waals surface area contributed by atoms with Crippen LogP contribution in [0.4, 0.5) is 0 Å². The fourth-order valence-electron chi connectivity index (χ4n) is 2.11. The lowest BCUT2D eigenvalue weighted by Crippen LogP contribution is -2.26. The molecule has 0 fully saturated rings. The van der Waals surface area contributed by atoms with E-state index < -0.39 is 0 Å². The number of nitrogens with one attached hydrogen (secondary N) is 1. The van der Waals surface area contributed by atoms with Crippen molar-refractivity contribution in [1.82, 2.24) is 15.1 Å². The van der Waals surface area contributed by atoms with Gasteiger partial charge in [0.2, 0.25) is 5.91 Å². The minimum Gasteiger partial charge on any atom is -0.492 e. The lowest BCUT2D eigenvalue weighted by molar-refractivity contribution is -0.116. The van der Waals surface area contributed by atoms with Crippen molar-refractivity contribution in [2.45, 2.75) is 13.8 Å². The Morgan fingerprint density at radius 3 is 2.68 bits per heavy atom. The average Bonchev–Trinajstić information content (AvgIpc) is 2.76. The molecule has 0 saturated heterocycles. The first-order chi connectivity index (χ1) is 10.6. The maximum atomic E-state index is 11.8. The molecule has 5 nitrogen and oxygen atoms in total. The minimum absolute atomic E-state index is 0.140. The number of aromatic nitrogens is 2. The van der Waals surface area contributed by atoms with Gasteiger partial charge in [0.1, 0.15) is 12.4 Å². The lowest BCUT2D eigenvalue weighted by atomic mass is 10.2. The van der Waals surface area contributed by atoms with Crippen LogP contribution in [0.1, 0.15) is 17.0 Å². The van der Waals surface area contributed by atoms with Gasteiger partial charge in [0, 0.05) is 24.4 Å². The Balaban J connectivity index is 1.77. The zero-order valence-corrected chi connectivity index (χ0v) is 13.2. The molecule has 2 rings (SSSR count). The van der Waals surface area contributed by atoms with Gasteiger partial charge in [0.05, 0.1) is 12.2 Å². The molecule has 0 aliphatic heterocycles. The molecule has 0 unspecified atom stereocenters. The van der Waals surface area contributed by atoms with Gasteiger partial charge in [-0.3, -0.25) is 9.48 Å². The topological polar surface area (TPSA) is 56.2 Å². The Bertz CT molecular complexity index is 660. The van der Waals surface area contributed by atoms with Crippen LogP contribution in [0.15, 0.2) is 36.4 Å². The Morgan fingerprint density at radius 2 is 2.05 bits per heavy atom. The summed E-state index contributed by atoms with van der Waals surface area (Å²) in [4.78, 5) is 11.8. The molecule has 22 heavy (non-hydrogen) atoms. The molecule has 2 aromatic rings. The Morgan fingerprint density at radius 1 is 1.32 bits per heavy atom. The third kappa shape index (κ3) is 4.22. The number of hydrogen-bond acceptors (Lipinski definition) is 3. The molecular formula is C17H21N3O2. The van der Waals surface area contributed by atoms with Crippen LogP contribution in [0, 0.1) is 13.8 Å². The number of para-hydroxylation sites is 1. The van der Waals surface area contributed by atoms with E-state index in [1.54, 1.807) is 10.8 Å². The largest absolute Gasteiger partial charge is 0.492 e. The van der Waals surface area contributed by atoms with Crippen LogP contribution in [-0.4, -0.2) is 28.8 Å². The van der Waals surface area contributed by atoms with Crippen molar-refractivity contribution < 1.29 is 9.53 Å². The van der Waals surface area contributed by atoms with Crippen molar-refractivity contribution in [2.75, 3.05) is 13.2 Å². The van der Waals surface area contributed by atoms with Gasteiger partial charge in [-0.15, -0.1) is 0 Å². The van der Waals surface area contributed by atoms with Crippen LogP contribution in [0.5, 0.6) is 5.75 Å². The molecule has 0 radical (unpaired) electrons. The Kier molecular flexibility index (Phi) is 5.36. The number of amides is 1. The van der Waals surface area contributed by atoms with E-state index in [1.165, 1.54) is 6.08 Å². The van der Waals surface area contributed by atoms with Gasteiger partial charge in [-0.25, -0.2) is 0 Å². The van der Waals surface area contributed by atoms with E-state index in [2.05, 4.69) is 10.4 Å². The summed E-state index contributed by atoms with van der Waals surface area (Å²) < 4.78 is 7.31. The molecule has 1 amide bonds. The average molecular weight is 299 g/mol. The molecule has 0 atom stereocenters. The predicted octanol–water partition coefficient (Wildman–Crippen LogP) is 2.25. The van der Waals surface area contributed by atoms with E-state index >= 15 is 0 Å². The zero-order valence-electron chi connectivity index (χ0n) is 13.2. The zero-order chi connectivity index (χ0) is 15.9. The van der Waals surface area contributed by atoms with Gasteiger partial charge in [-0.1, -0.05) is 18.2 Å². The van der Waals surface area contributed by atoms with E-state index in [1.807, 2.05) is 51.2 Å². The van der Waals surface area contributed by atoms with Gasteiger partial charge in [0.15, 0.2) is 0 Å². The molecule has 0 bridgehead atoms. The van der Waals surface area contributed by atoms with Crippen molar-refractivity contribution in [3.63, 3.8) is 0 Å². The summed E-state index contributed by atoms with van der Waals surface area (Å²) in [7, 11) is 1.89. The molecule has 1 N–H and O–H groups in total. The van der Waals surface area contributed by atoms with Crippen molar-refractivity contribution in [3.05, 3.63) is 53.4 Å². The van der Waals surface area contributed by atoms with E-state index in [0.29, 0.717) is 13.2 Å². The number of carbonyl (C=O) groups excluding carboxylic acids is 1. The smallest absolute Gasteiger partial charge is 0.244 e. The summed E-state index contributed by atoms with van der Waals surface area (Å²) in [6, 6.07) is 9.53. The third-order valence-corrected chi connectivity index (χ3v) is 3.38. The SMILES string of the molecule is Cc1nn(C)c(C)c1C=CC(=O)NCCOc1ccccc1. The van der Waals surface area contributed by atoms with Crippen LogP contribution in [-0.2, 0) is 11.8 Å². The van der Waals surface area contributed by atoms with Crippen LogP contribution in [0.25, 0.3) is 6.08 Å². The minimum atomic E-state index is -0.140. The highest BCUT2D eigenvalue weighted by Gasteiger charge is 2.06. The molecule has 1 aromatic heterocycles. The van der Waals surface area contributed by atoms with Gasteiger partial charge < -0.3 is 10.1 Å². The summed E-state index contributed by atoms with van der Waals surface area (Å²) in [5.74, 6) is 0.660. The monoisotopic (exact) mass is 299 g/mol. The van der Waals surface area contributed by atoms with Gasteiger partial charge >= 0.3 is 0 Å². The number of carbonyl (C=O) groups is 1. The number of hydrogen-bond donors (Lipinski definition) is 1. The number of ether oxygens (including phenoxy) is 1. The van der Waals surface area contributed by atoms with Crippen molar-refractivity contribution in [2.24, 2.45) is 7.05 Å². The molecule has 0 aliphatic carbocycles. The standard InChI is InChI=1S/C17H21N3O2/c1-13-16(14(2)20(3)19-13)9-10-17(21)18-11-12-22-15-7-5-4-6-8-15/h4-10H,11-12H2,1-3H3,(H,18,21). The molecule has 5 heteroatoms. The van der Waals surface area contributed by atoms with Gasteiger partial charge in [-0.2, -0.15) is 5.10 Å². The Labute approximate surface area is 130 Å². The van der Waals surface area contributed by atoms with Crippen LogP contribution >= 0.6 is 0 Å². The van der Waals surface area contributed by atoms with Gasteiger partial charge in [-0.05, 0) is 32.1 Å². The first kappa shape index (κ1) is 15.8. The molecule has 1 heterocycles. The summed E-state index contributed by atoms with van der Waals surface area (Å²) in [6.45, 7) is 4.81. The highest BCUT2D eigenvalue weighted by Crippen LogP contribution is 2.13. The third-order valence-electron chi connectivity index (χ3n) is 3.38. The van der Waals surface area contributed by atoms with E-state index in [4.69, 9.17) is 4.74 Å². The van der Waals surface area contributed by atoms with Crippen LogP contribution in [0.2, 0.25) is 0 Å². The van der Waals surface area contributed by atoms with Crippen LogP contribution < -0.4 is 10.1 Å². The summed E-state index contributed by atoms with van der Waals surface area (Å²) in [5.41, 5.74) is 2.93. The highest BCUT2D eigenvalue weighted by atomic mass is 16.5. The second-order valence-electron chi connectivity index (χ2n) is 4.99. The molecule has 1 aromatic carbocycles. The maximum absolute atomic E-state index is 11.8. The quantitative estimate of drug-likeness (QED) is 0.657. The Hall–Kier alpha value is -2.56. The van der Waals surface area contributed by atoms with Crippen molar-refractivity contribution in [1.29, 1.82) is 0 Å². The highest BCUT2D eigenvalue weighted by molar-refractivity contribution is 5.91. The molecule has 0 saturated carbocycles.